The van der Waals surface area contributed by atoms with E-state index in [1.807, 2.05) is 19.3 Å². The van der Waals surface area contributed by atoms with E-state index in [0.29, 0.717) is 0 Å². The van der Waals surface area contributed by atoms with Crippen LogP contribution >= 0.6 is 0 Å². The topological polar surface area (TPSA) is 48.4 Å². The Morgan fingerprint density at radius 3 is 3.33 bits per heavy atom. The van der Waals surface area contributed by atoms with E-state index in [4.69, 9.17) is 0 Å². The van der Waals surface area contributed by atoms with Crippen molar-refractivity contribution >= 4 is 5.69 Å². The summed E-state index contributed by atoms with van der Waals surface area (Å²) in [7, 11) is 2.02. The molecule has 0 unspecified atom stereocenters. The van der Waals surface area contributed by atoms with Gasteiger partial charge >= 0.3 is 0 Å². The van der Waals surface area contributed by atoms with E-state index in [1.54, 1.807) is 0 Å². The number of anilines is 1. The number of pyridine rings is 1. The Labute approximate surface area is 89.9 Å². The van der Waals surface area contributed by atoms with Gasteiger partial charge in [-0.25, -0.2) is 0 Å². The Morgan fingerprint density at radius 2 is 2.53 bits per heavy atom. The van der Waals surface area contributed by atoms with Crippen LogP contribution in [-0.4, -0.2) is 36.3 Å². The maximum Gasteiger partial charge on any atom is 0.0774 e. The van der Waals surface area contributed by atoms with E-state index < -0.39 is 0 Å². The summed E-state index contributed by atoms with van der Waals surface area (Å²) in [6, 6.07) is 4.17. The van der Waals surface area contributed by atoms with E-state index in [0.717, 1.165) is 30.9 Å². The average molecular weight is 207 g/mol. The monoisotopic (exact) mass is 207 g/mol. The summed E-state index contributed by atoms with van der Waals surface area (Å²) in [5.41, 5.74) is 2.17. The number of hydrogen-bond donors (Lipinski definition) is 2. The number of fused-ring (bicyclic) bond motifs is 1. The quantitative estimate of drug-likeness (QED) is 0.698. The molecule has 0 spiro atoms. The van der Waals surface area contributed by atoms with Crippen molar-refractivity contribution in [2.75, 3.05) is 25.1 Å². The van der Waals surface area contributed by atoms with Crippen LogP contribution in [-0.2, 0) is 6.54 Å². The Bertz CT molecular complexity index is 329. The molecule has 0 amide bonds. The van der Waals surface area contributed by atoms with Gasteiger partial charge in [0.1, 0.15) is 0 Å². The molecule has 1 aromatic rings. The van der Waals surface area contributed by atoms with Crippen LogP contribution in [0.2, 0.25) is 0 Å². The maximum absolute atomic E-state index is 9.31. The van der Waals surface area contributed by atoms with Crippen LogP contribution in [0.5, 0.6) is 0 Å². The largest absolute Gasteiger partial charge is 0.394 e. The number of aliphatic hydroxyl groups excluding tert-OH is 1. The van der Waals surface area contributed by atoms with Crippen molar-refractivity contribution in [2.45, 2.75) is 19.0 Å². The van der Waals surface area contributed by atoms with Gasteiger partial charge in [-0.3, -0.25) is 4.98 Å². The zero-order chi connectivity index (χ0) is 10.7. The zero-order valence-corrected chi connectivity index (χ0v) is 8.98. The molecule has 2 rings (SSSR count). The predicted octanol–water partition coefficient (Wildman–Crippen LogP) is 0.372. The predicted molar refractivity (Wildman–Crippen MR) is 59.8 cm³/mol. The third-order valence-electron chi connectivity index (χ3n) is 2.95. The minimum atomic E-state index is 0.181. The summed E-state index contributed by atoms with van der Waals surface area (Å²) < 4.78 is 0. The van der Waals surface area contributed by atoms with Crippen LogP contribution < -0.4 is 10.2 Å². The Balaban J connectivity index is 2.32. The molecule has 0 aromatic carbocycles. The number of likely N-dealkylation sites (N-methyl/N-ethyl adjacent to an activating group) is 1. The van der Waals surface area contributed by atoms with Crippen LogP contribution in [0, 0.1) is 0 Å². The molecule has 0 saturated carbocycles. The second-order valence-electron chi connectivity index (χ2n) is 3.88. The fraction of sp³-hybridized carbons (Fsp3) is 0.545. The fourth-order valence-corrected chi connectivity index (χ4v) is 1.97. The maximum atomic E-state index is 9.31. The van der Waals surface area contributed by atoms with Gasteiger partial charge in [0, 0.05) is 19.8 Å². The molecule has 1 aliphatic rings. The zero-order valence-electron chi connectivity index (χ0n) is 8.98. The lowest BCUT2D eigenvalue weighted by Gasteiger charge is -2.32. The molecule has 82 valence electrons. The second kappa shape index (κ2) is 4.59. The molecule has 0 fully saturated rings. The number of aliphatic hydroxyl groups is 1. The number of rotatable bonds is 1. The summed E-state index contributed by atoms with van der Waals surface area (Å²) in [5.74, 6) is 0. The van der Waals surface area contributed by atoms with Crippen LogP contribution in [0.3, 0.4) is 0 Å². The molecule has 0 saturated heterocycles. The third kappa shape index (κ3) is 2.11. The van der Waals surface area contributed by atoms with Gasteiger partial charge in [-0.15, -0.1) is 0 Å². The molecule has 2 heterocycles. The first-order chi connectivity index (χ1) is 7.33. The van der Waals surface area contributed by atoms with Gasteiger partial charge in [-0.2, -0.15) is 0 Å². The molecule has 15 heavy (non-hydrogen) atoms. The van der Waals surface area contributed by atoms with E-state index >= 15 is 0 Å². The van der Waals surface area contributed by atoms with Gasteiger partial charge in [-0.1, -0.05) is 0 Å². The van der Waals surface area contributed by atoms with E-state index in [1.165, 1.54) is 0 Å². The molecule has 0 radical (unpaired) electrons. The molecular weight excluding hydrogens is 190 g/mol. The summed E-state index contributed by atoms with van der Waals surface area (Å²) in [6.45, 7) is 1.91. The van der Waals surface area contributed by atoms with Crippen molar-refractivity contribution in [3.8, 4) is 0 Å². The Kier molecular flexibility index (Phi) is 3.18. The highest BCUT2D eigenvalue weighted by Crippen LogP contribution is 2.21. The van der Waals surface area contributed by atoms with Gasteiger partial charge < -0.3 is 15.3 Å². The van der Waals surface area contributed by atoms with Gasteiger partial charge in [0.25, 0.3) is 0 Å². The molecule has 1 aromatic heterocycles. The van der Waals surface area contributed by atoms with Gasteiger partial charge in [-0.05, 0) is 25.1 Å². The first kappa shape index (κ1) is 10.4. The van der Waals surface area contributed by atoms with Crippen LogP contribution in [0.25, 0.3) is 0 Å². The lowest BCUT2D eigenvalue weighted by molar-refractivity contribution is 0.253. The van der Waals surface area contributed by atoms with Crippen LogP contribution in [0.15, 0.2) is 18.3 Å². The van der Waals surface area contributed by atoms with Crippen molar-refractivity contribution in [3.63, 3.8) is 0 Å². The summed E-state index contributed by atoms with van der Waals surface area (Å²) in [4.78, 5) is 6.48. The highest BCUT2D eigenvalue weighted by atomic mass is 16.3. The smallest absolute Gasteiger partial charge is 0.0774 e. The lowest BCUT2D eigenvalue weighted by atomic mass is 10.1. The third-order valence-corrected chi connectivity index (χ3v) is 2.95. The van der Waals surface area contributed by atoms with E-state index in [2.05, 4.69) is 21.3 Å². The van der Waals surface area contributed by atoms with E-state index in [-0.39, 0.29) is 12.6 Å². The van der Waals surface area contributed by atoms with Gasteiger partial charge in [0.15, 0.2) is 0 Å². The van der Waals surface area contributed by atoms with Crippen molar-refractivity contribution in [3.05, 3.63) is 24.0 Å². The van der Waals surface area contributed by atoms with Crippen molar-refractivity contribution in [1.82, 2.24) is 10.3 Å². The Hall–Kier alpha value is -1.13. The van der Waals surface area contributed by atoms with Crippen LogP contribution in [0.1, 0.15) is 12.1 Å². The molecule has 2 N–H and O–H groups in total. The van der Waals surface area contributed by atoms with Crippen molar-refractivity contribution in [2.24, 2.45) is 0 Å². The van der Waals surface area contributed by atoms with Crippen LogP contribution in [0.4, 0.5) is 5.69 Å². The molecule has 4 nitrogen and oxygen atoms in total. The molecule has 1 atom stereocenters. The molecule has 4 heteroatoms. The summed E-state index contributed by atoms with van der Waals surface area (Å²) >= 11 is 0. The SMILES string of the molecule is CN1c2cccnc2CNCC[C@H]1CO. The average Bonchev–Trinajstić information content (AvgIpc) is 2.27. The standard InChI is InChI=1S/C11H17N3O/c1-14-9(8-15)4-6-12-7-10-11(14)3-2-5-13-10/h2-3,5,9,12,15H,4,6-8H2,1H3/t9-/m0/s1. The minimum Gasteiger partial charge on any atom is -0.394 e. The molecule has 0 bridgehead atoms. The lowest BCUT2D eigenvalue weighted by Crippen LogP contribution is -2.40. The van der Waals surface area contributed by atoms with Crippen molar-refractivity contribution in [1.29, 1.82) is 0 Å². The molecular formula is C11H17N3O. The normalized spacial score (nSPS) is 21.7. The number of nitrogens with zero attached hydrogens (tertiary/aromatic N) is 2. The number of nitrogens with one attached hydrogen (secondary N) is 1. The highest BCUT2D eigenvalue weighted by Gasteiger charge is 2.19. The number of aromatic nitrogens is 1. The van der Waals surface area contributed by atoms with Gasteiger partial charge in [0.05, 0.1) is 24.0 Å². The number of hydrogen-bond acceptors (Lipinski definition) is 4. The minimum absolute atomic E-state index is 0.181. The summed E-state index contributed by atoms with van der Waals surface area (Å²) in [6.07, 6.45) is 2.77. The van der Waals surface area contributed by atoms with Crippen molar-refractivity contribution < 1.29 is 5.11 Å². The fourth-order valence-electron chi connectivity index (χ4n) is 1.97. The summed E-state index contributed by atoms with van der Waals surface area (Å²) in [5, 5.41) is 12.6. The highest BCUT2D eigenvalue weighted by molar-refractivity contribution is 5.51. The molecule has 0 aliphatic carbocycles. The van der Waals surface area contributed by atoms with E-state index in [9.17, 15) is 5.11 Å². The first-order valence-electron chi connectivity index (χ1n) is 5.31. The Morgan fingerprint density at radius 1 is 1.67 bits per heavy atom. The first-order valence-corrected chi connectivity index (χ1v) is 5.31. The molecule has 1 aliphatic heterocycles. The second-order valence-corrected chi connectivity index (χ2v) is 3.88. The van der Waals surface area contributed by atoms with Gasteiger partial charge in [0.2, 0.25) is 0 Å².